The van der Waals surface area contributed by atoms with E-state index in [1.165, 1.54) is 7.11 Å². The molecular formula is C15H17ClN2O5. The van der Waals surface area contributed by atoms with Crippen LogP contribution in [-0.4, -0.2) is 34.9 Å². The molecule has 0 bridgehead atoms. The molecule has 1 aromatic carbocycles. The Morgan fingerprint density at radius 2 is 2.22 bits per heavy atom. The monoisotopic (exact) mass is 340 g/mol. The van der Waals surface area contributed by atoms with Gasteiger partial charge in [0, 0.05) is 12.0 Å². The van der Waals surface area contributed by atoms with Gasteiger partial charge in [0.2, 0.25) is 11.7 Å². The van der Waals surface area contributed by atoms with Crippen LogP contribution in [0.3, 0.4) is 0 Å². The molecule has 124 valence electrons. The van der Waals surface area contributed by atoms with E-state index in [-0.39, 0.29) is 18.7 Å². The molecule has 0 fully saturated rings. The van der Waals surface area contributed by atoms with Gasteiger partial charge in [-0.2, -0.15) is 4.98 Å². The van der Waals surface area contributed by atoms with Gasteiger partial charge in [0.1, 0.15) is 0 Å². The second kappa shape index (κ2) is 7.82. The zero-order valence-electron chi connectivity index (χ0n) is 12.8. The van der Waals surface area contributed by atoms with Gasteiger partial charge in [0.15, 0.2) is 11.5 Å². The molecule has 0 aliphatic rings. The van der Waals surface area contributed by atoms with Crippen molar-refractivity contribution in [3.05, 3.63) is 23.0 Å². The van der Waals surface area contributed by atoms with Crippen LogP contribution >= 0.6 is 11.6 Å². The van der Waals surface area contributed by atoms with Gasteiger partial charge >= 0.3 is 5.97 Å². The number of hydrogen-bond donors (Lipinski definition) is 1. The lowest BCUT2D eigenvalue weighted by molar-refractivity contribution is -0.137. The third-order valence-corrected chi connectivity index (χ3v) is 3.24. The first-order valence-corrected chi connectivity index (χ1v) is 7.48. The molecule has 1 aromatic heterocycles. The van der Waals surface area contributed by atoms with Crippen LogP contribution in [0.15, 0.2) is 16.7 Å². The highest BCUT2D eigenvalue weighted by molar-refractivity contribution is 6.32. The number of halogens is 1. The van der Waals surface area contributed by atoms with Crippen LogP contribution in [0.25, 0.3) is 11.4 Å². The van der Waals surface area contributed by atoms with E-state index >= 15 is 0 Å². The van der Waals surface area contributed by atoms with E-state index in [0.29, 0.717) is 34.5 Å². The molecule has 0 saturated carbocycles. The molecule has 1 N–H and O–H groups in total. The minimum atomic E-state index is -0.924. The van der Waals surface area contributed by atoms with Crippen molar-refractivity contribution in [3.8, 4) is 22.9 Å². The van der Waals surface area contributed by atoms with Crippen LogP contribution in [0, 0.1) is 0 Å². The number of aromatic nitrogens is 2. The average molecular weight is 341 g/mol. The van der Waals surface area contributed by atoms with Crippen LogP contribution < -0.4 is 9.47 Å². The molecule has 0 spiro atoms. The predicted octanol–water partition coefficient (Wildman–Crippen LogP) is 3.20. The highest BCUT2D eigenvalue weighted by Gasteiger charge is 2.16. The summed E-state index contributed by atoms with van der Waals surface area (Å²) in [6, 6.07) is 3.35. The Kier molecular flexibility index (Phi) is 5.81. The third kappa shape index (κ3) is 4.35. The van der Waals surface area contributed by atoms with Gasteiger partial charge < -0.3 is 19.1 Å². The van der Waals surface area contributed by atoms with Crippen LogP contribution in [0.1, 0.15) is 25.7 Å². The van der Waals surface area contributed by atoms with Crippen molar-refractivity contribution in [1.82, 2.24) is 10.1 Å². The quantitative estimate of drug-likeness (QED) is 0.788. The second-order valence-electron chi connectivity index (χ2n) is 4.74. The van der Waals surface area contributed by atoms with E-state index in [1.807, 2.05) is 6.92 Å². The number of benzene rings is 1. The van der Waals surface area contributed by atoms with Gasteiger partial charge in [-0.25, -0.2) is 0 Å². The first kappa shape index (κ1) is 17.1. The van der Waals surface area contributed by atoms with Crippen molar-refractivity contribution < 1.29 is 23.9 Å². The molecular weight excluding hydrogens is 324 g/mol. The number of ether oxygens (including phenoxy) is 2. The van der Waals surface area contributed by atoms with Gasteiger partial charge in [-0.15, -0.1) is 0 Å². The zero-order valence-corrected chi connectivity index (χ0v) is 13.6. The Labute approximate surface area is 138 Å². The standard InChI is InChI=1S/C15H17ClN2O5/c1-3-6-22-14-10(16)7-9(8-11(14)21-2)15-17-12(23-18-15)4-5-13(19)20/h7-8H,3-6H2,1-2H3,(H,19,20). The Morgan fingerprint density at radius 3 is 2.87 bits per heavy atom. The largest absolute Gasteiger partial charge is 0.493 e. The zero-order chi connectivity index (χ0) is 16.8. The number of hydrogen-bond acceptors (Lipinski definition) is 6. The molecule has 8 heteroatoms. The number of rotatable bonds is 8. The summed E-state index contributed by atoms with van der Waals surface area (Å²) in [7, 11) is 1.52. The molecule has 0 aliphatic carbocycles. The molecule has 23 heavy (non-hydrogen) atoms. The smallest absolute Gasteiger partial charge is 0.303 e. The molecule has 0 atom stereocenters. The number of carbonyl (C=O) groups is 1. The van der Waals surface area contributed by atoms with Crippen molar-refractivity contribution in [1.29, 1.82) is 0 Å². The van der Waals surface area contributed by atoms with Gasteiger partial charge in [-0.1, -0.05) is 23.7 Å². The number of methoxy groups -OCH3 is 1. The van der Waals surface area contributed by atoms with E-state index in [0.717, 1.165) is 6.42 Å². The fraction of sp³-hybridized carbons (Fsp3) is 0.400. The average Bonchev–Trinajstić information content (AvgIpc) is 3.00. The van der Waals surface area contributed by atoms with Gasteiger partial charge in [-0.05, 0) is 18.6 Å². The summed E-state index contributed by atoms with van der Waals surface area (Å²) in [4.78, 5) is 14.7. The predicted molar refractivity (Wildman–Crippen MR) is 83.0 cm³/mol. The molecule has 0 saturated heterocycles. The summed E-state index contributed by atoms with van der Waals surface area (Å²) >= 11 is 6.24. The SMILES string of the molecule is CCCOc1c(Cl)cc(-c2noc(CCC(=O)O)n2)cc1OC. The summed E-state index contributed by atoms with van der Waals surface area (Å²) in [6.45, 7) is 2.52. The summed E-state index contributed by atoms with van der Waals surface area (Å²) in [5.41, 5.74) is 0.598. The van der Waals surface area contributed by atoms with Crippen LogP contribution in [0.5, 0.6) is 11.5 Å². The third-order valence-electron chi connectivity index (χ3n) is 2.96. The maximum absolute atomic E-state index is 10.6. The fourth-order valence-electron chi connectivity index (χ4n) is 1.88. The normalized spacial score (nSPS) is 10.6. The highest BCUT2D eigenvalue weighted by Crippen LogP contribution is 2.39. The molecule has 0 aliphatic heterocycles. The van der Waals surface area contributed by atoms with E-state index in [9.17, 15) is 4.79 Å². The first-order chi connectivity index (χ1) is 11.0. The van der Waals surface area contributed by atoms with Crippen molar-refractivity contribution in [2.75, 3.05) is 13.7 Å². The van der Waals surface area contributed by atoms with Crippen LogP contribution in [-0.2, 0) is 11.2 Å². The number of carboxylic acid groups (broad SMARTS) is 1. The van der Waals surface area contributed by atoms with Crippen molar-refractivity contribution >= 4 is 17.6 Å². The molecule has 0 amide bonds. The topological polar surface area (TPSA) is 94.7 Å². The summed E-state index contributed by atoms with van der Waals surface area (Å²) < 4.78 is 15.9. The Bertz CT molecular complexity index is 687. The lowest BCUT2D eigenvalue weighted by Crippen LogP contribution is -1.99. The van der Waals surface area contributed by atoms with Crippen molar-refractivity contribution in [2.24, 2.45) is 0 Å². The van der Waals surface area contributed by atoms with Crippen molar-refractivity contribution in [2.45, 2.75) is 26.2 Å². The number of aryl methyl sites for hydroxylation is 1. The van der Waals surface area contributed by atoms with Gasteiger partial charge in [0.05, 0.1) is 25.2 Å². The maximum atomic E-state index is 10.6. The fourth-order valence-corrected chi connectivity index (χ4v) is 2.15. The Balaban J connectivity index is 2.26. The summed E-state index contributed by atoms with van der Waals surface area (Å²) in [5.74, 6) is 0.579. The van der Waals surface area contributed by atoms with Crippen LogP contribution in [0.2, 0.25) is 5.02 Å². The van der Waals surface area contributed by atoms with E-state index < -0.39 is 5.97 Å². The Hall–Kier alpha value is -2.28. The molecule has 1 heterocycles. The molecule has 7 nitrogen and oxygen atoms in total. The van der Waals surface area contributed by atoms with Gasteiger partial charge in [0.25, 0.3) is 0 Å². The highest BCUT2D eigenvalue weighted by atomic mass is 35.5. The summed E-state index contributed by atoms with van der Waals surface area (Å²) in [5, 5.41) is 12.9. The number of aliphatic carboxylic acids is 1. The van der Waals surface area contributed by atoms with E-state index in [1.54, 1.807) is 12.1 Å². The lowest BCUT2D eigenvalue weighted by Gasteiger charge is -2.12. The molecule has 0 unspecified atom stereocenters. The molecule has 2 rings (SSSR count). The first-order valence-electron chi connectivity index (χ1n) is 7.10. The summed E-state index contributed by atoms with van der Waals surface area (Å²) in [6.07, 6.45) is 0.944. The maximum Gasteiger partial charge on any atom is 0.303 e. The van der Waals surface area contributed by atoms with E-state index in [2.05, 4.69) is 10.1 Å². The number of nitrogens with zero attached hydrogens (tertiary/aromatic N) is 2. The van der Waals surface area contributed by atoms with Crippen LogP contribution in [0.4, 0.5) is 0 Å². The minimum absolute atomic E-state index is 0.0739. The molecule has 2 aromatic rings. The lowest BCUT2D eigenvalue weighted by atomic mass is 10.2. The Morgan fingerprint density at radius 1 is 1.43 bits per heavy atom. The minimum Gasteiger partial charge on any atom is -0.493 e. The molecule has 0 radical (unpaired) electrons. The van der Waals surface area contributed by atoms with E-state index in [4.69, 9.17) is 30.7 Å². The van der Waals surface area contributed by atoms with Crippen molar-refractivity contribution in [3.63, 3.8) is 0 Å². The van der Waals surface area contributed by atoms with Gasteiger partial charge in [-0.3, -0.25) is 4.79 Å². The second-order valence-corrected chi connectivity index (χ2v) is 5.15. The number of carboxylic acids is 1.